The molecule has 0 atom stereocenters. The van der Waals surface area contributed by atoms with Crippen molar-refractivity contribution in [2.24, 2.45) is 7.05 Å². The molecule has 0 aliphatic rings. The van der Waals surface area contributed by atoms with Crippen molar-refractivity contribution >= 4 is 21.8 Å². The summed E-state index contributed by atoms with van der Waals surface area (Å²) in [4.78, 5) is 12.4. The second-order valence-corrected chi connectivity index (χ2v) is 6.87. The molecule has 3 rings (SSSR count). The SMILES string of the molecule is Cc1nn(C)cc1CNC(=O)c1cccc(COc2ccccc2Br)c1. The lowest BCUT2D eigenvalue weighted by molar-refractivity contribution is 0.0950. The van der Waals surface area contributed by atoms with Crippen molar-refractivity contribution in [3.63, 3.8) is 0 Å². The maximum Gasteiger partial charge on any atom is 0.251 e. The number of hydrogen-bond acceptors (Lipinski definition) is 3. The molecule has 2 aromatic carbocycles. The van der Waals surface area contributed by atoms with Gasteiger partial charge < -0.3 is 10.1 Å². The van der Waals surface area contributed by atoms with Gasteiger partial charge in [0.25, 0.3) is 5.91 Å². The van der Waals surface area contributed by atoms with Gasteiger partial charge in [-0.1, -0.05) is 24.3 Å². The van der Waals surface area contributed by atoms with E-state index in [9.17, 15) is 4.79 Å². The lowest BCUT2D eigenvalue weighted by Gasteiger charge is -2.09. The van der Waals surface area contributed by atoms with Gasteiger partial charge in [-0.15, -0.1) is 0 Å². The molecule has 0 saturated heterocycles. The van der Waals surface area contributed by atoms with Crippen LogP contribution < -0.4 is 10.1 Å². The summed E-state index contributed by atoms with van der Waals surface area (Å²) < 4.78 is 8.47. The van der Waals surface area contributed by atoms with Gasteiger partial charge in [-0.05, 0) is 52.7 Å². The van der Waals surface area contributed by atoms with Crippen LogP contribution in [0.5, 0.6) is 5.75 Å². The van der Waals surface area contributed by atoms with E-state index in [1.807, 2.05) is 62.6 Å². The minimum Gasteiger partial charge on any atom is -0.488 e. The summed E-state index contributed by atoms with van der Waals surface area (Å²) in [5.41, 5.74) is 3.48. The summed E-state index contributed by atoms with van der Waals surface area (Å²) in [6, 6.07) is 15.1. The summed E-state index contributed by atoms with van der Waals surface area (Å²) in [5, 5.41) is 7.22. The molecule has 0 bridgehead atoms. The number of benzene rings is 2. The predicted molar refractivity (Wildman–Crippen MR) is 104 cm³/mol. The molecular formula is C20H20BrN3O2. The van der Waals surface area contributed by atoms with Crippen molar-refractivity contribution in [1.29, 1.82) is 0 Å². The standard InChI is InChI=1S/C20H20BrN3O2/c1-14-17(12-24(2)23-14)11-22-20(25)16-7-5-6-15(10-16)13-26-19-9-4-3-8-18(19)21/h3-10,12H,11,13H2,1-2H3,(H,22,25). The van der Waals surface area contributed by atoms with Gasteiger partial charge in [0.05, 0.1) is 10.2 Å². The minimum atomic E-state index is -0.115. The number of hydrogen-bond donors (Lipinski definition) is 1. The molecule has 0 spiro atoms. The van der Waals surface area contributed by atoms with Crippen molar-refractivity contribution in [3.05, 3.63) is 81.6 Å². The number of para-hydroxylation sites is 1. The van der Waals surface area contributed by atoms with E-state index in [0.717, 1.165) is 27.0 Å². The Morgan fingerprint density at radius 3 is 2.77 bits per heavy atom. The summed E-state index contributed by atoms with van der Waals surface area (Å²) in [5.74, 6) is 0.658. The Hall–Kier alpha value is -2.60. The van der Waals surface area contributed by atoms with E-state index in [-0.39, 0.29) is 5.91 Å². The third-order valence-corrected chi connectivity index (χ3v) is 4.63. The molecule has 1 heterocycles. The van der Waals surface area contributed by atoms with Crippen LogP contribution in [0.1, 0.15) is 27.2 Å². The molecule has 0 fully saturated rings. The Balaban J connectivity index is 1.62. The molecule has 0 aliphatic heterocycles. The molecule has 0 aliphatic carbocycles. The number of carbonyl (C=O) groups excluding carboxylic acids is 1. The first kappa shape index (κ1) is 18.2. The summed E-state index contributed by atoms with van der Waals surface area (Å²) >= 11 is 3.46. The zero-order valence-electron chi connectivity index (χ0n) is 14.7. The highest BCUT2D eigenvalue weighted by Crippen LogP contribution is 2.24. The Morgan fingerprint density at radius 1 is 1.23 bits per heavy atom. The largest absolute Gasteiger partial charge is 0.488 e. The molecule has 0 radical (unpaired) electrons. The number of halogens is 1. The highest BCUT2D eigenvalue weighted by molar-refractivity contribution is 9.10. The van der Waals surface area contributed by atoms with Crippen LogP contribution in [-0.2, 0) is 20.2 Å². The fraction of sp³-hybridized carbons (Fsp3) is 0.200. The predicted octanol–water partition coefficient (Wildman–Crippen LogP) is 4.00. The topological polar surface area (TPSA) is 56.2 Å². The van der Waals surface area contributed by atoms with Gasteiger partial charge >= 0.3 is 0 Å². The van der Waals surface area contributed by atoms with E-state index < -0.39 is 0 Å². The third-order valence-electron chi connectivity index (χ3n) is 3.97. The van der Waals surface area contributed by atoms with Gasteiger partial charge in [0.2, 0.25) is 0 Å². The van der Waals surface area contributed by atoms with Crippen molar-refractivity contribution in [3.8, 4) is 5.75 Å². The molecule has 6 heteroatoms. The van der Waals surface area contributed by atoms with Crippen LogP contribution in [0, 0.1) is 6.92 Å². The molecule has 1 amide bonds. The fourth-order valence-electron chi connectivity index (χ4n) is 2.62. The minimum absolute atomic E-state index is 0.115. The van der Waals surface area contributed by atoms with E-state index in [0.29, 0.717) is 18.7 Å². The van der Waals surface area contributed by atoms with Crippen LogP contribution >= 0.6 is 15.9 Å². The van der Waals surface area contributed by atoms with Gasteiger partial charge in [0, 0.05) is 30.9 Å². The number of aromatic nitrogens is 2. The monoisotopic (exact) mass is 413 g/mol. The zero-order chi connectivity index (χ0) is 18.5. The van der Waals surface area contributed by atoms with Crippen molar-refractivity contribution in [2.45, 2.75) is 20.1 Å². The van der Waals surface area contributed by atoms with Crippen molar-refractivity contribution in [2.75, 3.05) is 0 Å². The molecule has 5 nitrogen and oxygen atoms in total. The number of carbonyl (C=O) groups is 1. The maximum absolute atomic E-state index is 12.4. The quantitative estimate of drug-likeness (QED) is 0.664. The van der Waals surface area contributed by atoms with E-state index >= 15 is 0 Å². The summed E-state index contributed by atoms with van der Waals surface area (Å²) in [6.45, 7) is 2.78. The van der Waals surface area contributed by atoms with E-state index in [1.165, 1.54) is 0 Å². The molecule has 3 aromatic rings. The van der Waals surface area contributed by atoms with Gasteiger partial charge in [0.15, 0.2) is 0 Å². The van der Waals surface area contributed by atoms with Crippen LogP contribution in [0.25, 0.3) is 0 Å². The first-order valence-corrected chi connectivity index (χ1v) is 9.06. The van der Waals surface area contributed by atoms with Gasteiger partial charge in [0.1, 0.15) is 12.4 Å². The van der Waals surface area contributed by atoms with E-state index in [1.54, 1.807) is 10.7 Å². The van der Waals surface area contributed by atoms with Crippen LogP contribution in [0.4, 0.5) is 0 Å². The number of rotatable bonds is 6. The first-order valence-electron chi connectivity index (χ1n) is 8.26. The van der Waals surface area contributed by atoms with Crippen molar-refractivity contribution in [1.82, 2.24) is 15.1 Å². The Bertz CT molecular complexity index is 921. The Morgan fingerprint density at radius 2 is 2.04 bits per heavy atom. The highest BCUT2D eigenvalue weighted by Gasteiger charge is 2.09. The van der Waals surface area contributed by atoms with Crippen molar-refractivity contribution < 1.29 is 9.53 Å². The van der Waals surface area contributed by atoms with Gasteiger partial charge in [-0.3, -0.25) is 9.48 Å². The van der Waals surface area contributed by atoms with E-state index in [2.05, 4.69) is 26.3 Å². The summed E-state index contributed by atoms with van der Waals surface area (Å²) in [6.07, 6.45) is 1.91. The summed E-state index contributed by atoms with van der Waals surface area (Å²) in [7, 11) is 1.87. The van der Waals surface area contributed by atoms with Crippen LogP contribution in [0.2, 0.25) is 0 Å². The smallest absolute Gasteiger partial charge is 0.251 e. The Kier molecular flexibility index (Phi) is 5.73. The van der Waals surface area contributed by atoms with Crippen LogP contribution in [0.3, 0.4) is 0 Å². The number of aryl methyl sites for hydroxylation is 2. The zero-order valence-corrected chi connectivity index (χ0v) is 16.3. The molecular weight excluding hydrogens is 394 g/mol. The second kappa shape index (κ2) is 8.19. The molecule has 1 aromatic heterocycles. The van der Waals surface area contributed by atoms with E-state index in [4.69, 9.17) is 4.74 Å². The maximum atomic E-state index is 12.4. The fourth-order valence-corrected chi connectivity index (χ4v) is 3.02. The van der Waals surface area contributed by atoms with Gasteiger partial charge in [-0.2, -0.15) is 5.10 Å². The second-order valence-electron chi connectivity index (χ2n) is 6.02. The molecule has 0 saturated carbocycles. The molecule has 1 N–H and O–H groups in total. The lowest BCUT2D eigenvalue weighted by Crippen LogP contribution is -2.23. The number of nitrogens with one attached hydrogen (secondary N) is 1. The Labute approximate surface area is 161 Å². The van der Waals surface area contributed by atoms with Crippen LogP contribution in [0.15, 0.2) is 59.2 Å². The lowest BCUT2D eigenvalue weighted by atomic mass is 10.1. The van der Waals surface area contributed by atoms with Gasteiger partial charge in [-0.25, -0.2) is 0 Å². The highest BCUT2D eigenvalue weighted by atomic mass is 79.9. The third kappa shape index (κ3) is 4.52. The molecule has 0 unspecified atom stereocenters. The normalized spacial score (nSPS) is 10.6. The molecule has 134 valence electrons. The average molecular weight is 414 g/mol. The average Bonchev–Trinajstić information content (AvgIpc) is 2.96. The first-order chi connectivity index (χ1) is 12.5. The molecule has 26 heavy (non-hydrogen) atoms. The number of amides is 1. The number of nitrogens with zero attached hydrogens (tertiary/aromatic N) is 2. The van der Waals surface area contributed by atoms with Crippen LogP contribution in [-0.4, -0.2) is 15.7 Å². The number of ether oxygens (including phenoxy) is 1.